The first kappa shape index (κ1) is 19.0. The summed E-state index contributed by atoms with van der Waals surface area (Å²) in [5, 5.41) is 3.52. The quantitative estimate of drug-likeness (QED) is 0.374. The van der Waals surface area contributed by atoms with E-state index in [0.717, 1.165) is 19.6 Å². The van der Waals surface area contributed by atoms with Crippen LogP contribution in [0.15, 0.2) is 42.1 Å². The van der Waals surface area contributed by atoms with E-state index in [1.54, 1.807) is 18.2 Å². The summed E-state index contributed by atoms with van der Waals surface area (Å²) in [6.45, 7) is 0.354. The van der Waals surface area contributed by atoms with Crippen molar-refractivity contribution in [1.29, 1.82) is 0 Å². The van der Waals surface area contributed by atoms with E-state index in [4.69, 9.17) is 27.9 Å². The molecule has 0 bridgehead atoms. The monoisotopic (exact) mass is 502 g/mol. The van der Waals surface area contributed by atoms with Gasteiger partial charge in [0.15, 0.2) is 0 Å². The molecule has 134 valence electrons. The second-order valence-corrected chi connectivity index (χ2v) is 7.56. The number of halogens is 3. The molecule has 1 aliphatic rings. The Morgan fingerprint density at radius 1 is 1.15 bits per heavy atom. The van der Waals surface area contributed by atoms with E-state index in [2.05, 4.69) is 27.9 Å². The number of imide groups is 1. The van der Waals surface area contributed by atoms with Gasteiger partial charge in [-0.2, -0.15) is 0 Å². The largest absolute Gasteiger partial charge is 0.488 e. The topological polar surface area (TPSA) is 58.6 Å². The molecular weight excluding hydrogens is 490 g/mol. The molecule has 0 unspecified atom stereocenters. The summed E-state index contributed by atoms with van der Waals surface area (Å²) < 4.78 is 6.70. The molecule has 1 N–H and O–H groups in total. The molecule has 2 aromatic carbocycles. The van der Waals surface area contributed by atoms with Crippen LogP contribution in [-0.2, 0) is 11.4 Å². The molecule has 0 saturated carbocycles. The van der Waals surface area contributed by atoms with Gasteiger partial charge in [-0.25, -0.2) is 4.79 Å². The number of amides is 3. The zero-order valence-corrected chi connectivity index (χ0v) is 17.2. The minimum absolute atomic E-state index is 0.248. The first-order valence-corrected chi connectivity index (χ1v) is 9.35. The fraction of sp³-hybridized carbons (Fsp3) is 0.111. The van der Waals surface area contributed by atoms with Crippen molar-refractivity contribution in [2.45, 2.75) is 6.61 Å². The zero-order chi connectivity index (χ0) is 18.8. The Morgan fingerprint density at radius 2 is 1.92 bits per heavy atom. The third-order valence-corrected chi connectivity index (χ3v) is 5.31. The van der Waals surface area contributed by atoms with E-state index < -0.39 is 6.03 Å². The Bertz CT molecular complexity index is 931. The van der Waals surface area contributed by atoms with Gasteiger partial charge in [0.05, 0.1) is 13.6 Å². The Labute approximate surface area is 174 Å². The molecule has 5 nitrogen and oxygen atoms in total. The Kier molecular flexibility index (Phi) is 5.74. The minimum atomic E-state index is -0.433. The number of nitrogens with zero attached hydrogens (tertiary/aromatic N) is 1. The van der Waals surface area contributed by atoms with Gasteiger partial charge in [0.1, 0.15) is 18.1 Å². The lowest BCUT2D eigenvalue weighted by Crippen LogP contribution is -2.25. The van der Waals surface area contributed by atoms with E-state index in [9.17, 15) is 9.59 Å². The van der Waals surface area contributed by atoms with Gasteiger partial charge in [-0.1, -0.05) is 35.3 Å². The summed E-state index contributed by atoms with van der Waals surface area (Å²) in [7, 11) is 1.43. The number of hydrogen-bond acceptors (Lipinski definition) is 3. The number of carbonyl (C=O) groups is 2. The van der Waals surface area contributed by atoms with Crippen molar-refractivity contribution in [1.82, 2.24) is 10.2 Å². The standard InChI is InChI=1S/C18H13Cl2IN2O3/c1-23-17(24)15(22-18(23)25)8-10-3-5-16(14(21)7-10)26-9-11-2-4-12(19)13(20)6-11/h2-8H,9H2,1H3,(H,22,25)/b15-8+. The molecular formula is C18H13Cl2IN2O3. The highest BCUT2D eigenvalue weighted by molar-refractivity contribution is 14.1. The molecule has 1 saturated heterocycles. The summed E-state index contributed by atoms with van der Waals surface area (Å²) >= 11 is 14.1. The average molecular weight is 503 g/mol. The predicted octanol–water partition coefficient (Wildman–Crippen LogP) is 4.70. The number of benzene rings is 2. The van der Waals surface area contributed by atoms with Crippen LogP contribution in [0.2, 0.25) is 10.0 Å². The van der Waals surface area contributed by atoms with Crippen molar-refractivity contribution in [3.05, 3.63) is 66.8 Å². The van der Waals surface area contributed by atoms with E-state index >= 15 is 0 Å². The maximum absolute atomic E-state index is 11.9. The first-order valence-electron chi connectivity index (χ1n) is 7.52. The fourth-order valence-electron chi connectivity index (χ4n) is 2.30. The highest BCUT2D eigenvalue weighted by Crippen LogP contribution is 2.26. The Hall–Kier alpha value is -1.77. The van der Waals surface area contributed by atoms with Crippen molar-refractivity contribution in [3.63, 3.8) is 0 Å². The number of nitrogens with one attached hydrogen (secondary N) is 1. The summed E-state index contributed by atoms with van der Waals surface area (Å²) in [5.74, 6) is 0.350. The molecule has 0 aliphatic carbocycles. The van der Waals surface area contributed by atoms with E-state index in [1.807, 2.05) is 24.3 Å². The van der Waals surface area contributed by atoms with E-state index in [0.29, 0.717) is 22.4 Å². The summed E-state index contributed by atoms with van der Waals surface area (Å²) in [4.78, 5) is 24.4. The van der Waals surface area contributed by atoms with Crippen molar-refractivity contribution >= 4 is 63.8 Å². The number of rotatable bonds is 4. The smallest absolute Gasteiger partial charge is 0.328 e. The second-order valence-electron chi connectivity index (χ2n) is 5.58. The highest BCUT2D eigenvalue weighted by atomic mass is 127. The second kappa shape index (κ2) is 7.85. The summed E-state index contributed by atoms with van der Waals surface area (Å²) in [6.07, 6.45) is 1.63. The predicted molar refractivity (Wildman–Crippen MR) is 109 cm³/mol. The number of hydrogen-bond donors (Lipinski definition) is 1. The molecule has 1 aliphatic heterocycles. The van der Waals surface area contributed by atoms with E-state index in [1.165, 1.54) is 7.05 Å². The van der Waals surface area contributed by atoms with E-state index in [-0.39, 0.29) is 11.6 Å². The fourth-order valence-corrected chi connectivity index (χ4v) is 3.32. The maximum atomic E-state index is 11.9. The van der Waals surface area contributed by atoms with Gasteiger partial charge < -0.3 is 10.1 Å². The van der Waals surface area contributed by atoms with Crippen LogP contribution >= 0.6 is 45.8 Å². The van der Waals surface area contributed by atoms with Crippen LogP contribution in [0, 0.1) is 3.57 Å². The van der Waals surface area contributed by atoms with Crippen LogP contribution in [0.4, 0.5) is 4.79 Å². The van der Waals surface area contributed by atoms with Gasteiger partial charge in [0.2, 0.25) is 0 Å². The maximum Gasteiger partial charge on any atom is 0.328 e. The van der Waals surface area contributed by atoms with Crippen LogP contribution < -0.4 is 10.1 Å². The lowest BCUT2D eigenvalue weighted by atomic mass is 10.2. The van der Waals surface area contributed by atoms with Crippen LogP contribution in [0.25, 0.3) is 6.08 Å². The molecule has 0 atom stereocenters. The van der Waals surface area contributed by atoms with Gasteiger partial charge in [-0.3, -0.25) is 9.69 Å². The lowest BCUT2D eigenvalue weighted by molar-refractivity contribution is -0.121. The van der Waals surface area contributed by atoms with Gasteiger partial charge in [0.25, 0.3) is 5.91 Å². The SMILES string of the molecule is CN1C(=O)N/C(=C/c2ccc(OCc3ccc(Cl)c(Cl)c3)c(I)c2)C1=O. The summed E-state index contributed by atoms with van der Waals surface area (Å²) in [6, 6.07) is 10.4. The molecule has 0 radical (unpaired) electrons. The normalized spacial score (nSPS) is 15.5. The highest BCUT2D eigenvalue weighted by Gasteiger charge is 2.29. The first-order chi connectivity index (χ1) is 12.3. The van der Waals surface area contributed by atoms with Gasteiger partial charge in [0, 0.05) is 7.05 Å². The zero-order valence-electron chi connectivity index (χ0n) is 13.6. The van der Waals surface area contributed by atoms with Crippen LogP contribution in [0.3, 0.4) is 0 Å². The molecule has 0 spiro atoms. The van der Waals surface area contributed by atoms with Crippen molar-refractivity contribution < 1.29 is 14.3 Å². The molecule has 8 heteroatoms. The molecule has 26 heavy (non-hydrogen) atoms. The molecule has 1 heterocycles. The third kappa shape index (κ3) is 4.13. The van der Waals surface area contributed by atoms with Crippen LogP contribution in [-0.4, -0.2) is 23.9 Å². The third-order valence-electron chi connectivity index (χ3n) is 3.73. The lowest BCUT2D eigenvalue weighted by Gasteiger charge is -2.10. The summed E-state index contributed by atoms with van der Waals surface area (Å²) in [5.41, 5.74) is 1.94. The average Bonchev–Trinajstić information content (AvgIpc) is 2.84. The van der Waals surface area contributed by atoms with Gasteiger partial charge >= 0.3 is 6.03 Å². The molecule has 1 fully saturated rings. The van der Waals surface area contributed by atoms with Crippen molar-refractivity contribution in [3.8, 4) is 5.75 Å². The van der Waals surface area contributed by atoms with Gasteiger partial charge in [-0.15, -0.1) is 0 Å². The van der Waals surface area contributed by atoms with Crippen LogP contribution in [0.1, 0.15) is 11.1 Å². The number of carbonyl (C=O) groups excluding carboxylic acids is 2. The molecule has 2 aromatic rings. The minimum Gasteiger partial charge on any atom is -0.488 e. The molecule has 3 rings (SSSR count). The van der Waals surface area contributed by atoms with Crippen molar-refractivity contribution in [2.24, 2.45) is 0 Å². The Morgan fingerprint density at radius 3 is 2.54 bits per heavy atom. The number of likely N-dealkylation sites (N-methyl/N-ethyl adjacent to an activating group) is 1. The number of ether oxygens (including phenoxy) is 1. The van der Waals surface area contributed by atoms with Crippen molar-refractivity contribution in [2.75, 3.05) is 7.05 Å². The van der Waals surface area contributed by atoms with Crippen LogP contribution in [0.5, 0.6) is 5.75 Å². The molecule has 0 aromatic heterocycles. The molecule has 3 amide bonds. The van der Waals surface area contributed by atoms with Gasteiger partial charge in [-0.05, 0) is 64.1 Å². The Balaban J connectivity index is 1.72. The number of urea groups is 1.